The van der Waals surface area contributed by atoms with Crippen LogP contribution in [0.5, 0.6) is 0 Å². The van der Waals surface area contributed by atoms with E-state index in [4.69, 9.17) is 5.26 Å². The molecule has 0 aromatic heterocycles. The van der Waals surface area contributed by atoms with Crippen molar-refractivity contribution in [1.82, 2.24) is 0 Å². The Morgan fingerprint density at radius 2 is 1.67 bits per heavy atom. The van der Waals surface area contributed by atoms with Crippen molar-refractivity contribution in [3.8, 4) is 6.07 Å². The maximum atomic E-state index is 8.47. The third-order valence-corrected chi connectivity index (χ3v) is 1.76. The van der Waals surface area contributed by atoms with E-state index in [0.717, 1.165) is 5.56 Å². The van der Waals surface area contributed by atoms with Crippen LogP contribution in [0, 0.1) is 26.2 Å². The summed E-state index contributed by atoms with van der Waals surface area (Å²) in [7, 11) is 0. The maximum absolute atomic E-state index is 8.47. The van der Waals surface area contributed by atoms with Gasteiger partial charge in [-0.1, -0.05) is 0 Å². The molecule has 0 atom stereocenters. The van der Waals surface area contributed by atoms with Gasteiger partial charge in [0.1, 0.15) is 0 Å². The van der Waals surface area contributed by atoms with Crippen LogP contribution in [0.15, 0.2) is 30.3 Å². The molecule has 0 aliphatic carbocycles. The third kappa shape index (κ3) is 3.55. The fourth-order valence-electron chi connectivity index (χ4n) is 0.642. The quantitative estimate of drug-likeness (QED) is 0.552. The van der Waals surface area contributed by atoms with Crippen LogP contribution in [0.4, 0.5) is 0 Å². The first kappa shape index (κ1) is 13.8. The smallest absolute Gasteiger partial charge is 0.358 e. The Balaban J connectivity index is 0. The molecule has 1 nitrogen and oxygen atoms in total. The van der Waals surface area contributed by atoms with E-state index < -0.39 is 0 Å². The molecule has 2 heteroatoms. The normalized spacial score (nSPS) is 7.00. The summed E-state index contributed by atoms with van der Waals surface area (Å²) in [6, 6.07) is 11.6. The molecule has 0 heterocycles. The second-order valence-corrected chi connectivity index (χ2v) is 2.59. The second kappa shape index (κ2) is 6.89. The number of nitrogens with zero attached hydrogens (tertiary/aromatic N) is 1. The number of hydrogen-bond acceptors (Lipinski definition) is 1. The molecule has 0 saturated carbocycles. The predicted molar refractivity (Wildman–Crippen MR) is 49.0 cm³/mol. The van der Waals surface area contributed by atoms with Crippen LogP contribution >= 0.6 is 0 Å². The molecule has 0 aliphatic rings. The summed E-state index contributed by atoms with van der Waals surface area (Å²) in [4.78, 5) is 0. The summed E-state index contributed by atoms with van der Waals surface area (Å²) in [5.41, 5.74) is 0.956. The molecule has 12 heavy (non-hydrogen) atoms. The minimum absolute atomic E-state index is 0. The van der Waals surface area contributed by atoms with E-state index in [1.807, 2.05) is 36.4 Å². The largest absolute Gasteiger partial charge is 0.358 e. The first-order chi connectivity index (χ1) is 4.84. The number of hydrogen-bond donors (Lipinski definition) is 0. The van der Waals surface area contributed by atoms with E-state index in [0.29, 0.717) is 4.11 Å². The summed E-state index contributed by atoms with van der Waals surface area (Å²) in [6.07, 6.45) is 0. The molecule has 0 bridgehead atoms. The minimum Gasteiger partial charge on any atom is -0.358 e. The van der Waals surface area contributed by atoms with Crippen LogP contribution in [0.3, 0.4) is 0 Å². The zero-order valence-corrected chi connectivity index (χ0v) is 8.81. The predicted octanol–water partition coefficient (Wildman–Crippen LogP) is 2.18. The van der Waals surface area contributed by atoms with Crippen molar-refractivity contribution in [1.29, 1.82) is 5.26 Å². The van der Waals surface area contributed by atoms with E-state index in [2.05, 4.69) is 17.9 Å². The summed E-state index contributed by atoms with van der Waals surface area (Å²) >= 11 is 2.59. The summed E-state index contributed by atoms with van der Waals surface area (Å²) < 4.78 is 0.654. The zero-order chi connectivity index (χ0) is 7.40. The average Bonchev–Trinajstić information content (AvgIpc) is 2.05. The van der Waals surface area contributed by atoms with Gasteiger partial charge in [0.25, 0.3) is 0 Å². The molecule has 0 aliphatic heterocycles. The molecule has 0 fully saturated rings. The van der Waals surface area contributed by atoms with Gasteiger partial charge in [-0.2, -0.15) is 0 Å². The summed E-state index contributed by atoms with van der Waals surface area (Å²) in [5.74, 6) is 0. The van der Waals surface area contributed by atoms with Gasteiger partial charge in [0.2, 0.25) is 0 Å². The number of rotatable bonds is 1. The molecular formula is C10H11NRh-2. The Hall–Kier alpha value is -0.797. The Morgan fingerprint density at radius 3 is 2.08 bits per heavy atom. The molecule has 0 N–H and O–H groups in total. The van der Waals surface area contributed by atoms with Gasteiger partial charge in [0, 0.05) is 0 Å². The first-order valence-electron chi connectivity index (χ1n) is 2.80. The number of benzene rings is 1. The molecule has 0 saturated heterocycles. The van der Waals surface area contributed by atoms with Crippen molar-refractivity contribution in [2.75, 3.05) is 0 Å². The SMILES string of the molecule is N#C[C](=[Rh])c1ccccc1.[CH3-].[CH3-]. The fraction of sp³-hybridized carbons (Fsp3) is 0. The Morgan fingerprint density at radius 1 is 1.17 bits per heavy atom. The van der Waals surface area contributed by atoms with Crippen LogP contribution in [0.2, 0.25) is 0 Å². The van der Waals surface area contributed by atoms with Gasteiger partial charge in [-0.05, 0) is 0 Å². The van der Waals surface area contributed by atoms with Gasteiger partial charge in [-0.25, -0.2) is 0 Å². The molecular weight excluding hydrogens is 237 g/mol. The van der Waals surface area contributed by atoms with Crippen LogP contribution < -0.4 is 0 Å². The monoisotopic (exact) mass is 248 g/mol. The fourth-order valence-corrected chi connectivity index (χ4v) is 0.915. The molecule has 0 radical (unpaired) electrons. The minimum atomic E-state index is 0. The molecule has 1 aromatic carbocycles. The van der Waals surface area contributed by atoms with Crippen molar-refractivity contribution >= 4 is 4.11 Å². The van der Waals surface area contributed by atoms with Crippen molar-refractivity contribution in [2.45, 2.75) is 0 Å². The van der Waals surface area contributed by atoms with Gasteiger partial charge < -0.3 is 14.9 Å². The van der Waals surface area contributed by atoms with Crippen molar-refractivity contribution in [2.24, 2.45) is 0 Å². The van der Waals surface area contributed by atoms with E-state index >= 15 is 0 Å². The van der Waals surface area contributed by atoms with Crippen LogP contribution in [0.25, 0.3) is 0 Å². The summed E-state index contributed by atoms with van der Waals surface area (Å²) in [5, 5.41) is 8.47. The van der Waals surface area contributed by atoms with Gasteiger partial charge in [0.05, 0.1) is 0 Å². The Labute approximate surface area is 84.2 Å². The van der Waals surface area contributed by atoms with Crippen molar-refractivity contribution < 1.29 is 17.9 Å². The van der Waals surface area contributed by atoms with Gasteiger partial charge >= 0.3 is 69.2 Å². The van der Waals surface area contributed by atoms with Crippen LogP contribution in [0.1, 0.15) is 5.56 Å². The molecule has 0 amide bonds. The topological polar surface area (TPSA) is 23.8 Å². The zero-order valence-electron chi connectivity index (χ0n) is 7.17. The Bertz CT molecular complexity index is 272. The van der Waals surface area contributed by atoms with E-state index in [1.54, 1.807) is 0 Å². The second-order valence-electron chi connectivity index (χ2n) is 1.77. The maximum Gasteiger partial charge on any atom is -0.358 e. The van der Waals surface area contributed by atoms with E-state index in [9.17, 15) is 0 Å². The molecule has 67 valence electrons. The van der Waals surface area contributed by atoms with Crippen LogP contribution in [-0.2, 0) is 17.9 Å². The molecule has 1 rings (SSSR count). The van der Waals surface area contributed by atoms with Crippen LogP contribution in [-0.4, -0.2) is 4.11 Å². The first-order valence-corrected chi connectivity index (χ1v) is 3.62. The van der Waals surface area contributed by atoms with Gasteiger partial charge in [0.15, 0.2) is 0 Å². The average molecular weight is 248 g/mol. The number of nitriles is 1. The standard InChI is InChI=1S/C8H5N.2CH3.Rh/c9-7-6-8-4-2-1-3-5-8;;;/h1-5H;2*1H3;/q;2*-1;. The summed E-state index contributed by atoms with van der Waals surface area (Å²) in [6.45, 7) is 0. The molecule has 1 aromatic rings. The molecule has 0 spiro atoms. The van der Waals surface area contributed by atoms with Gasteiger partial charge in [-0.3, -0.25) is 0 Å². The van der Waals surface area contributed by atoms with Crippen molar-refractivity contribution in [3.63, 3.8) is 0 Å². The Kier molecular flexibility index (Phi) is 7.90. The van der Waals surface area contributed by atoms with E-state index in [1.165, 1.54) is 0 Å². The van der Waals surface area contributed by atoms with Crippen molar-refractivity contribution in [3.05, 3.63) is 50.7 Å². The van der Waals surface area contributed by atoms with E-state index in [-0.39, 0.29) is 14.9 Å². The van der Waals surface area contributed by atoms with Gasteiger partial charge in [-0.15, -0.1) is 0 Å². The molecule has 0 unspecified atom stereocenters. The third-order valence-electron chi connectivity index (χ3n) is 1.11.